The molecule has 0 aliphatic carbocycles. The molecule has 60 heavy (non-hydrogen) atoms. The van der Waals surface area contributed by atoms with Crippen molar-refractivity contribution >= 4 is 58.9 Å². The number of hydrogen-bond donors (Lipinski definition) is 9. The molecule has 2 aromatic rings. The van der Waals surface area contributed by atoms with Gasteiger partial charge in [0.25, 0.3) is 11.8 Å². The molecule has 3 aliphatic heterocycles. The molecule has 3 heterocycles. The van der Waals surface area contributed by atoms with E-state index in [0.29, 0.717) is 5.69 Å². The molecule has 2 saturated heterocycles. The first-order valence-electron chi connectivity index (χ1n) is 19.3. The highest BCUT2D eigenvalue weighted by molar-refractivity contribution is 6.25. The number of benzene rings is 2. The normalized spacial score (nSPS) is 19.6. The van der Waals surface area contributed by atoms with Crippen LogP contribution in [0, 0.1) is 0 Å². The van der Waals surface area contributed by atoms with Crippen LogP contribution in [0.2, 0.25) is 0 Å². The summed E-state index contributed by atoms with van der Waals surface area (Å²) in [7, 11) is 1.21. The smallest absolute Gasteiger partial charge is 0.337 e. The van der Waals surface area contributed by atoms with Crippen molar-refractivity contribution in [2.45, 2.75) is 82.0 Å². The molecule has 0 spiro atoms. The maximum absolute atomic E-state index is 13.7. The fraction of sp³-hybridized carbons (Fsp3) is 0.462. The van der Waals surface area contributed by atoms with E-state index in [-0.39, 0.29) is 75.0 Å². The Morgan fingerprint density at radius 2 is 1.70 bits per heavy atom. The molecule has 21 nitrogen and oxygen atoms in total. The van der Waals surface area contributed by atoms with Crippen LogP contribution < -0.4 is 37.2 Å². The summed E-state index contributed by atoms with van der Waals surface area (Å²) in [5.41, 5.74) is 1.21. The van der Waals surface area contributed by atoms with Crippen LogP contribution in [-0.2, 0) is 49.5 Å². The molecule has 0 bridgehead atoms. The van der Waals surface area contributed by atoms with E-state index in [1.807, 2.05) is 0 Å². The molecular weight excluding hydrogens is 788 g/mol. The number of methoxy groups -OCH3 is 1. The van der Waals surface area contributed by atoms with E-state index < -0.39 is 96.3 Å². The lowest BCUT2D eigenvalue weighted by Gasteiger charge is -2.27. The van der Waals surface area contributed by atoms with Gasteiger partial charge in [-0.1, -0.05) is 18.2 Å². The fourth-order valence-corrected chi connectivity index (χ4v) is 6.60. The molecule has 0 radical (unpaired) electrons. The van der Waals surface area contributed by atoms with Crippen molar-refractivity contribution < 1.29 is 62.8 Å². The number of amides is 8. The van der Waals surface area contributed by atoms with E-state index in [2.05, 4.69) is 42.0 Å². The second kappa shape index (κ2) is 20.5. The lowest BCUT2D eigenvalue weighted by atomic mass is 10.0. The van der Waals surface area contributed by atoms with Crippen LogP contribution in [0.5, 0.6) is 5.75 Å². The number of aryl methyl sites for hydroxylation is 1. The second-order valence-corrected chi connectivity index (χ2v) is 14.3. The van der Waals surface area contributed by atoms with Gasteiger partial charge in [0.2, 0.25) is 35.4 Å². The van der Waals surface area contributed by atoms with E-state index in [9.17, 15) is 53.4 Å². The minimum absolute atomic E-state index is 0.00315. The summed E-state index contributed by atoms with van der Waals surface area (Å²) in [5.74, 6) is -5.74. The Kier molecular flexibility index (Phi) is 15.2. The first kappa shape index (κ1) is 44.6. The maximum atomic E-state index is 13.7. The quantitative estimate of drug-likeness (QED) is 0.0210. The summed E-state index contributed by atoms with van der Waals surface area (Å²) in [6, 6.07) is 7.26. The Balaban J connectivity index is 1.17. The van der Waals surface area contributed by atoms with Gasteiger partial charge in [0.1, 0.15) is 36.2 Å². The van der Waals surface area contributed by atoms with Gasteiger partial charge in [-0.15, -0.1) is 0 Å². The van der Waals surface area contributed by atoms with Crippen LogP contribution in [0.4, 0.5) is 5.69 Å². The number of aromatic hydroxyl groups is 1. The van der Waals surface area contributed by atoms with Crippen molar-refractivity contribution in [1.29, 1.82) is 0 Å². The van der Waals surface area contributed by atoms with Gasteiger partial charge in [-0.25, -0.2) is 4.79 Å². The van der Waals surface area contributed by atoms with E-state index >= 15 is 0 Å². The molecule has 6 unspecified atom stereocenters. The zero-order chi connectivity index (χ0) is 43.5. The van der Waals surface area contributed by atoms with Gasteiger partial charge in [0, 0.05) is 38.2 Å². The molecular formula is C39H48N8O13. The average Bonchev–Trinajstić information content (AvgIpc) is 3.96. The van der Waals surface area contributed by atoms with Crippen molar-refractivity contribution in [1.82, 2.24) is 36.8 Å². The topological polar surface area (TPSA) is 303 Å². The highest BCUT2D eigenvalue weighted by Crippen LogP contribution is 2.32. The first-order valence-corrected chi connectivity index (χ1v) is 19.3. The van der Waals surface area contributed by atoms with E-state index in [1.54, 1.807) is 24.3 Å². The molecule has 9 N–H and O–H groups in total. The van der Waals surface area contributed by atoms with Crippen LogP contribution in [0.3, 0.4) is 0 Å². The number of esters is 1. The van der Waals surface area contributed by atoms with E-state index in [4.69, 9.17) is 4.74 Å². The molecule has 0 saturated carbocycles. The number of nitrogens with one attached hydrogen (secondary N) is 7. The third-order valence-electron chi connectivity index (χ3n) is 9.86. The van der Waals surface area contributed by atoms with Gasteiger partial charge >= 0.3 is 5.97 Å². The molecule has 8 amide bonds. The summed E-state index contributed by atoms with van der Waals surface area (Å²) in [6.45, 7) is 0.824. The van der Waals surface area contributed by atoms with Gasteiger partial charge in [-0.2, -0.15) is 0 Å². The number of phenols is 1. The highest BCUT2D eigenvalue weighted by Gasteiger charge is 2.47. The minimum Gasteiger partial charge on any atom is -0.508 e. The number of fused-ring (bicyclic) bond motifs is 1. The molecule has 3 aliphatic rings. The first-order chi connectivity index (χ1) is 28.7. The Bertz CT molecular complexity index is 1990. The fourth-order valence-electron chi connectivity index (χ4n) is 6.60. The molecule has 2 fully saturated rings. The zero-order valence-electron chi connectivity index (χ0n) is 32.9. The third-order valence-corrected chi connectivity index (χ3v) is 9.86. The van der Waals surface area contributed by atoms with Crippen molar-refractivity contribution in [3.05, 3.63) is 59.2 Å². The number of ether oxygens (including phenoxy) is 2. The number of hydrogen-bond acceptors (Lipinski definition) is 15. The largest absolute Gasteiger partial charge is 0.508 e. The van der Waals surface area contributed by atoms with Crippen molar-refractivity contribution in [2.24, 2.45) is 0 Å². The number of anilines is 1. The van der Waals surface area contributed by atoms with E-state index in [1.165, 1.54) is 32.2 Å². The Hall–Kier alpha value is -6.45. The number of aliphatic hydroxyl groups is 1. The Morgan fingerprint density at radius 3 is 2.40 bits per heavy atom. The number of epoxide rings is 1. The number of aliphatic hydroxyl groups excluding tert-OH is 1. The lowest BCUT2D eigenvalue weighted by Crippen LogP contribution is -2.58. The van der Waals surface area contributed by atoms with E-state index in [0.717, 1.165) is 10.5 Å². The summed E-state index contributed by atoms with van der Waals surface area (Å²) in [5, 5.41) is 37.6. The predicted octanol–water partition coefficient (Wildman–Crippen LogP) is -2.31. The summed E-state index contributed by atoms with van der Waals surface area (Å²) < 4.78 is 9.72. The number of piperidine rings is 1. The van der Waals surface area contributed by atoms with Gasteiger partial charge < -0.3 is 46.3 Å². The Labute approximate surface area is 343 Å². The average molecular weight is 837 g/mol. The van der Waals surface area contributed by atoms with Gasteiger partial charge in [-0.05, 0) is 62.4 Å². The van der Waals surface area contributed by atoms with Crippen LogP contribution in [0.15, 0.2) is 42.5 Å². The maximum Gasteiger partial charge on any atom is 0.337 e. The third kappa shape index (κ3) is 11.8. The van der Waals surface area contributed by atoms with Crippen LogP contribution in [0.25, 0.3) is 0 Å². The molecule has 2 aromatic carbocycles. The van der Waals surface area contributed by atoms with Crippen molar-refractivity contribution in [2.75, 3.05) is 38.6 Å². The molecule has 6 atom stereocenters. The van der Waals surface area contributed by atoms with Crippen molar-refractivity contribution in [3.8, 4) is 5.75 Å². The SMILES string of the molecule is COC(=O)C1OC1CNC(=O)CNC(=O)C(CNC(C)O)NC(=O)C(CCc1ccc(O)cc1)NC(=O)CCCNc1cccc2c1C(=O)N(C1CCC(=O)NC1=O)C2=O. The zero-order valence-corrected chi connectivity index (χ0v) is 32.9. The number of carbonyl (C=O) groups is 9. The van der Waals surface area contributed by atoms with Crippen LogP contribution >= 0.6 is 0 Å². The van der Waals surface area contributed by atoms with Crippen LogP contribution in [0.1, 0.15) is 65.3 Å². The monoisotopic (exact) mass is 836 g/mol. The summed E-state index contributed by atoms with van der Waals surface area (Å²) in [6.07, 6.45) is -1.95. The number of nitrogens with zero attached hydrogens (tertiary/aromatic N) is 1. The van der Waals surface area contributed by atoms with Gasteiger partial charge in [0.05, 0.1) is 24.8 Å². The second-order valence-electron chi connectivity index (χ2n) is 14.3. The number of imide groups is 2. The summed E-state index contributed by atoms with van der Waals surface area (Å²) in [4.78, 5) is 116. The van der Waals surface area contributed by atoms with Gasteiger partial charge in [-0.3, -0.25) is 53.9 Å². The van der Waals surface area contributed by atoms with Gasteiger partial charge in [0.15, 0.2) is 6.10 Å². The number of phenolic OH excluding ortho intramolecular Hbond substituents is 1. The minimum atomic E-state index is -1.30. The van der Waals surface area contributed by atoms with Crippen molar-refractivity contribution in [3.63, 3.8) is 0 Å². The lowest BCUT2D eigenvalue weighted by molar-refractivity contribution is -0.142. The molecule has 21 heteroatoms. The standard InChI is InChI=1S/C39H48N8O13/c1-20(48)41-17-26(34(53)43-19-31(52)42-18-28-33(60-28)39(58)59-2)45-35(54)25(13-10-21-8-11-22(49)12-9-21)44-29(50)7-4-16-40-24-6-3-5-23-32(24)38(57)47(37(23)56)27-14-15-30(51)46-36(27)55/h3,5-6,8-9,11-12,20,25-28,33,40-41,48-49H,4,7,10,13-19H2,1-2H3,(H,42,52)(H,43,53)(H,44,50)(H,45,54)(H,46,51,55). The number of carbonyl (C=O) groups excluding carboxylic acids is 9. The predicted molar refractivity (Wildman–Crippen MR) is 208 cm³/mol. The summed E-state index contributed by atoms with van der Waals surface area (Å²) >= 11 is 0. The highest BCUT2D eigenvalue weighted by atomic mass is 16.6. The number of rotatable bonds is 21. The molecule has 322 valence electrons. The molecule has 5 rings (SSSR count). The molecule has 0 aromatic heterocycles. The Morgan fingerprint density at radius 1 is 0.950 bits per heavy atom. The van der Waals surface area contributed by atoms with Crippen LogP contribution in [-0.4, -0.2) is 138 Å².